The highest BCUT2D eigenvalue weighted by Crippen LogP contribution is 2.10. The predicted molar refractivity (Wildman–Crippen MR) is 59.3 cm³/mol. The van der Waals surface area contributed by atoms with Crippen LogP contribution >= 0.6 is 0 Å². The van der Waals surface area contributed by atoms with Gasteiger partial charge in [-0.3, -0.25) is 4.79 Å². The molecule has 0 aliphatic rings. The zero-order chi connectivity index (χ0) is 12.3. The molecule has 4 nitrogen and oxygen atoms in total. The number of benzene rings is 1. The van der Waals surface area contributed by atoms with Crippen LogP contribution in [0.25, 0.3) is 0 Å². The molecule has 16 heavy (non-hydrogen) atoms. The number of hydrogen-bond acceptors (Lipinski definition) is 3. The fourth-order valence-electron chi connectivity index (χ4n) is 1.00. The van der Waals surface area contributed by atoms with Crippen molar-refractivity contribution in [1.29, 1.82) is 0 Å². The number of amides is 1. The van der Waals surface area contributed by atoms with Crippen molar-refractivity contribution in [2.75, 3.05) is 11.6 Å². The summed E-state index contributed by atoms with van der Waals surface area (Å²) in [5.41, 5.74) is 0.237. The van der Waals surface area contributed by atoms with E-state index in [0.717, 1.165) is 12.3 Å². The van der Waals surface area contributed by atoms with E-state index in [1.165, 1.54) is 25.1 Å². The van der Waals surface area contributed by atoms with Crippen molar-refractivity contribution >= 4 is 21.4 Å². The minimum atomic E-state index is -3.44. The van der Waals surface area contributed by atoms with Crippen LogP contribution in [0.4, 0.5) is 10.1 Å². The van der Waals surface area contributed by atoms with Crippen molar-refractivity contribution < 1.29 is 17.6 Å². The number of halogens is 1. The van der Waals surface area contributed by atoms with Gasteiger partial charge < -0.3 is 5.32 Å². The molecule has 0 radical (unpaired) electrons. The van der Waals surface area contributed by atoms with Crippen LogP contribution in [0.3, 0.4) is 0 Å². The largest absolute Gasteiger partial charge is 0.325 e. The molecule has 0 heterocycles. The van der Waals surface area contributed by atoms with Crippen molar-refractivity contribution in [2.45, 2.75) is 12.2 Å². The van der Waals surface area contributed by atoms with Crippen LogP contribution in [0, 0.1) is 5.82 Å². The van der Waals surface area contributed by atoms with Gasteiger partial charge in [0.2, 0.25) is 5.91 Å². The number of carbonyl (C=O) groups excluding carboxylic acids is 1. The van der Waals surface area contributed by atoms with E-state index in [0.29, 0.717) is 0 Å². The Bertz CT molecular complexity index is 499. The molecule has 6 heteroatoms. The number of nitrogens with one attached hydrogen (secondary N) is 1. The highest BCUT2D eigenvalue weighted by atomic mass is 32.2. The normalized spacial score (nSPS) is 13.2. The molecule has 0 saturated carbocycles. The summed E-state index contributed by atoms with van der Waals surface area (Å²) in [4.78, 5) is 11.5. The lowest BCUT2D eigenvalue weighted by molar-refractivity contribution is -0.115. The molecule has 1 aromatic rings. The van der Waals surface area contributed by atoms with E-state index in [1.54, 1.807) is 0 Å². The van der Waals surface area contributed by atoms with Gasteiger partial charge in [0.25, 0.3) is 0 Å². The Balaban J connectivity index is 2.80. The van der Waals surface area contributed by atoms with Gasteiger partial charge in [0.1, 0.15) is 11.1 Å². The number of rotatable bonds is 3. The first-order chi connectivity index (χ1) is 7.30. The molecule has 1 amide bonds. The topological polar surface area (TPSA) is 63.2 Å². The Morgan fingerprint density at radius 1 is 1.44 bits per heavy atom. The summed E-state index contributed by atoms with van der Waals surface area (Å²) in [6, 6.07) is 5.26. The first-order valence-corrected chi connectivity index (χ1v) is 6.51. The predicted octanol–water partition coefficient (Wildman–Crippen LogP) is 1.20. The fraction of sp³-hybridized carbons (Fsp3) is 0.300. The third-order valence-corrected chi connectivity index (χ3v) is 3.60. The highest BCUT2D eigenvalue weighted by molar-refractivity contribution is 7.92. The molecule has 1 rings (SSSR count). The van der Waals surface area contributed by atoms with E-state index < -0.39 is 26.8 Å². The maximum atomic E-state index is 12.8. The summed E-state index contributed by atoms with van der Waals surface area (Å²) in [6.45, 7) is 1.28. The molecule has 0 aliphatic carbocycles. The molecule has 0 saturated heterocycles. The molecule has 0 aromatic heterocycles. The molecule has 0 aliphatic heterocycles. The maximum Gasteiger partial charge on any atom is 0.242 e. The van der Waals surface area contributed by atoms with Crippen LogP contribution in [-0.4, -0.2) is 25.8 Å². The Labute approximate surface area is 93.4 Å². The smallest absolute Gasteiger partial charge is 0.242 e. The maximum absolute atomic E-state index is 12.8. The minimum Gasteiger partial charge on any atom is -0.325 e. The third-order valence-electron chi connectivity index (χ3n) is 2.10. The van der Waals surface area contributed by atoms with Crippen molar-refractivity contribution in [1.82, 2.24) is 0 Å². The number of anilines is 1. The van der Waals surface area contributed by atoms with Gasteiger partial charge in [0, 0.05) is 11.9 Å². The average Bonchev–Trinajstić information content (AvgIpc) is 2.15. The number of sulfone groups is 1. The summed E-state index contributed by atoms with van der Waals surface area (Å²) >= 11 is 0. The third kappa shape index (κ3) is 3.30. The Hall–Kier alpha value is -1.43. The van der Waals surface area contributed by atoms with Gasteiger partial charge in [0.05, 0.1) is 0 Å². The lowest BCUT2D eigenvalue weighted by Gasteiger charge is -2.10. The zero-order valence-corrected chi connectivity index (χ0v) is 9.71. The van der Waals surface area contributed by atoms with E-state index in [2.05, 4.69) is 5.32 Å². The van der Waals surface area contributed by atoms with Crippen molar-refractivity contribution in [3.8, 4) is 0 Å². The first kappa shape index (κ1) is 12.6. The van der Waals surface area contributed by atoms with Crippen LogP contribution < -0.4 is 5.32 Å². The van der Waals surface area contributed by atoms with E-state index in [1.807, 2.05) is 0 Å². The Kier molecular flexibility index (Phi) is 3.64. The van der Waals surface area contributed by atoms with Crippen molar-refractivity contribution in [3.63, 3.8) is 0 Å². The van der Waals surface area contributed by atoms with Crippen LogP contribution in [-0.2, 0) is 14.6 Å². The quantitative estimate of drug-likeness (QED) is 0.870. The second-order valence-corrected chi connectivity index (χ2v) is 5.84. The molecule has 0 fully saturated rings. The molecule has 1 atom stereocenters. The van der Waals surface area contributed by atoms with Gasteiger partial charge >= 0.3 is 0 Å². The van der Waals surface area contributed by atoms with Crippen molar-refractivity contribution in [3.05, 3.63) is 30.1 Å². The van der Waals surface area contributed by atoms with Gasteiger partial charge in [-0.25, -0.2) is 12.8 Å². The molecule has 0 bridgehead atoms. The first-order valence-electron chi connectivity index (χ1n) is 4.56. The van der Waals surface area contributed by atoms with E-state index in [4.69, 9.17) is 0 Å². The second kappa shape index (κ2) is 4.61. The molecule has 0 unspecified atom stereocenters. The summed E-state index contributed by atoms with van der Waals surface area (Å²) in [7, 11) is -3.44. The van der Waals surface area contributed by atoms with Gasteiger partial charge in [-0.2, -0.15) is 0 Å². The monoisotopic (exact) mass is 245 g/mol. The van der Waals surface area contributed by atoms with Gasteiger partial charge in [-0.15, -0.1) is 0 Å². The SMILES string of the molecule is C[C@@H](C(=O)Nc1cccc(F)c1)S(C)(=O)=O. The standard InChI is InChI=1S/C10H12FNO3S/c1-7(16(2,14)15)10(13)12-9-5-3-4-8(11)6-9/h3-7H,1-2H3,(H,12,13)/t7-/m0/s1. The van der Waals surface area contributed by atoms with E-state index in [9.17, 15) is 17.6 Å². The Morgan fingerprint density at radius 2 is 2.06 bits per heavy atom. The lowest BCUT2D eigenvalue weighted by Crippen LogP contribution is -2.31. The van der Waals surface area contributed by atoms with E-state index >= 15 is 0 Å². The second-order valence-electron chi connectivity index (χ2n) is 3.47. The minimum absolute atomic E-state index is 0.237. The van der Waals surface area contributed by atoms with Crippen LogP contribution in [0.15, 0.2) is 24.3 Å². The molecular formula is C10H12FNO3S. The lowest BCUT2D eigenvalue weighted by atomic mass is 10.3. The number of carbonyl (C=O) groups is 1. The molecule has 0 spiro atoms. The average molecular weight is 245 g/mol. The van der Waals surface area contributed by atoms with E-state index in [-0.39, 0.29) is 5.69 Å². The summed E-state index contributed by atoms with van der Waals surface area (Å²) in [5.74, 6) is -1.17. The van der Waals surface area contributed by atoms with Gasteiger partial charge in [-0.1, -0.05) is 6.07 Å². The van der Waals surface area contributed by atoms with Gasteiger partial charge in [-0.05, 0) is 25.1 Å². The molecule has 1 aromatic carbocycles. The summed E-state index contributed by atoms with van der Waals surface area (Å²) < 4.78 is 35.0. The van der Waals surface area contributed by atoms with Crippen LogP contribution in [0.1, 0.15) is 6.92 Å². The zero-order valence-electron chi connectivity index (χ0n) is 8.90. The molecular weight excluding hydrogens is 233 g/mol. The molecule has 88 valence electrons. The van der Waals surface area contributed by atoms with Crippen LogP contribution in [0.5, 0.6) is 0 Å². The summed E-state index contributed by atoms with van der Waals surface area (Å²) in [5, 5.41) is 1.17. The van der Waals surface area contributed by atoms with Crippen LogP contribution in [0.2, 0.25) is 0 Å². The molecule has 1 N–H and O–H groups in total. The van der Waals surface area contributed by atoms with Gasteiger partial charge in [0.15, 0.2) is 9.84 Å². The van der Waals surface area contributed by atoms with Crippen molar-refractivity contribution in [2.24, 2.45) is 0 Å². The Morgan fingerprint density at radius 3 is 2.56 bits per heavy atom. The summed E-state index contributed by atoms with van der Waals surface area (Å²) in [6.07, 6.45) is 0.975. The fourth-order valence-corrected chi connectivity index (χ4v) is 1.45. The number of hydrogen-bond donors (Lipinski definition) is 1. The highest BCUT2D eigenvalue weighted by Gasteiger charge is 2.23.